The molecule has 6 heteroatoms. The molecule has 2 N–H and O–H groups in total. The average Bonchev–Trinajstić information content (AvgIpc) is 3.04. The summed E-state index contributed by atoms with van der Waals surface area (Å²) in [4.78, 5) is 0. The predicted molar refractivity (Wildman–Crippen MR) is 75.6 cm³/mol. The van der Waals surface area contributed by atoms with Gasteiger partial charge in [0.25, 0.3) is 0 Å². The van der Waals surface area contributed by atoms with Crippen molar-refractivity contribution >= 4 is 17.5 Å². The first kappa shape index (κ1) is 12.6. The van der Waals surface area contributed by atoms with Crippen molar-refractivity contribution in [2.24, 2.45) is 0 Å². The van der Waals surface area contributed by atoms with Crippen molar-refractivity contribution in [3.63, 3.8) is 0 Å². The van der Waals surface area contributed by atoms with Crippen LogP contribution in [0, 0.1) is 0 Å². The average molecular weight is 291 g/mol. The number of nitrogen functional groups attached to an aromatic ring is 1. The highest BCUT2D eigenvalue weighted by Crippen LogP contribution is 2.40. The van der Waals surface area contributed by atoms with Gasteiger partial charge in [0.2, 0.25) is 11.1 Å². The summed E-state index contributed by atoms with van der Waals surface area (Å²) in [6.45, 7) is 0. The molecule has 0 aliphatic carbocycles. The molecule has 2 heterocycles. The van der Waals surface area contributed by atoms with Crippen molar-refractivity contribution in [2.45, 2.75) is 0 Å². The Morgan fingerprint density at radius 1 is 1.30 bits per heavy atom. The van der Waals surface area contributed by atoms with E-state index in [0.29, 0.717) is 22.6 Å². The molecule has 0 fully saturated rings. The molecule has 0 saturated carbocycles. The van der Waals surface area contributed by atoms with Crippen LogP contribution in [-0.2, 0) is 0 Å². The number of furan rings is 1. The van der Waals surface area contributed by atoms with Crippen molar-refractivity contribution in [3.8, 4) is 28.1 Å². The number of anilines is 1. The van der Waals surface area contributed by atoms with Crippen LogP contribution in [0.1, 0.15) is 0 Å². The Labute approximate surface area is 119 Å². The van der Waals surface area contributed by atoms with E-state index in [4.69, 9.17) is 31.0 Å². The molecule has 0 unspecified atom stereocenters. The molecule has 0 saturated heterocycles. The lowest BCUT2D eigenvalue weighted by Crippen LogP contribution is -1.89. The Hall–Kier alpha value is -2.40. The van der Waals surface area contributed by atoms with E-state index in [-0.39, 0.29) is 11.1 Å². The summed E-state index contributed by atoms with van der Waals surface area (Å²) in [5, 5.41) is 4.20. The smallest absolute Gasteiger partial charge is 0.230 e. The van der Waals surface area contributed by atoms with Crippen LogP contribution in [0.5, 0.6) is 5.75 Å². The Morgan fingerprint density at radius 2 is 2.15 bits per heavy atom. The lowest BCUT2D eigenvalue weighted by Gasteiger charge is -2.04. The van der Waals surface area contributed by atoms with Gasteiger partial charge in [0, 0.05) is 0 Å². The number of hydrogen-bond donors (Lipinski definition) is 1. The fraction of sp³-hybridized carbons (Fsp3) is 0.0714. The van der Waals surface area contributed by atoms with Gasteiger partial charge in [-0.25, -0.2) is 0 Å². The number of aromatic nitrogens is 1. The van der Waals surface area contributed by atoms with E-state index < -0.39 is 0 Å². The SMILES string of the molecule is COc1cccc(-c2c(-c3ccoc3Cl)noc2N)c1. The molecule has 5 nitrogen and oxygen atoms in total. The van der Waals surface area contributed by atoms with Crippen molar-refractivity contribution in [1.29, 1.82) is 0 Å². The molecule has 3 aromatic rings. The number of methoxy groups -OCH3 is 1. The van der Waals surface area contributed by atoms with Gasteiger partial charge in [-0.05, 0) is 35.4 Å². The van der Waals surface area contributed by atoms with Gasteiger partial charge in [0.15, 0.2) is 0 Å². The standard InChI is InChI=1S/C14H11ClN2O3/c1-18-9-4-2-3-8(7-9)11-12(17-20-14(11)16)10-5-6-19-13(10)15/h2-7H,16H2,1H3. The maximum Gasteiger partial charge on any atom is 0.230 e. The van der Waals surface area contributed by atoms with Crippen molar-refractivity contribution in [1.82, 2.24) is 5.16 Å². The second-order valence-electron chi connectivity index (χ2n) is 4.11. The Balaban J connectivity index is 2.19. The summed E-state index contributed by atoms with van der Waals surface area (Å²) in [5.41, 5.74) is 8.53. The molecule has 0 atom stereocenters. The molecule has 0 bridgehead atoms. The van der Waals surface area contributed by atoms with E-state index in [1.165, 1.54) is 6.26 Å². The molecule has 0 aliphatic rings. The fourth-order valence-corrected chi connectivity index (χ4v) is 2.21. The van der Waals surface area contributed by atoms with Crippen LogP contribution in [0.25, 0.3) is 22.4 Å². The van der Waals surface area contributed by atoms with Gasteiger partial charge in [-0.1, -0.05) is 17.3 Å². The lowest BCUT2D eigenvalue weighted by atomic mass is 10.0. The number of benzene rings is 1. The number of ether oxygens (including phenoxy) is 1. The number of hydrogen-bond acceptors (Lipinski definition) is 5. The van der Waals surface area contributed by atoms with Gasteiger partial charge < -0.3 is 19.4 Å². The van der Waals surface area contributed by atoms with E-state index in [1.807, 2.05) is 24.3 Å². The molecular formula is C14H11ClN2O3. The topological polar surface area (TPSA) is 74.4 Å². The third kappa shape index (κ3) is 2.02. The summed E-state index contributed by atoms with van der Waals surface area (Å²) in [7, 11) is 1.60. The second-order valence-corrected chi connectivity index (χ2v) is 4.45. The third-order valence-electron chi connectivity index (χ3n) is 2.95. The molecule has 102 valence electrons. The minimum atomic E-state index is 0.213. The van der Waals surface area contributed by atoms with Crippen LogP contribution < -0.4 is 10.5 Å². The van der Waals surface area contributed by atoms with E-state index in [9.17, 15) is 0 Å². The lowest BCUT2D eigenvalue weighted by molar-refractivity contribution is 0.415. The Bertz CT molecular complexity index is 748. The summed E-state index contributed by atoms with van der Waals surface area (Å²) in [6.07, 6.45) is 1.48. The van der Waals surface area contributed by atoms with Gasteiger partial charge in [-0.3, -0.25) is 0 Å². The normalized spacial score (nSPS) is 10.7. The van der Waals surface area contributed by atoms with Gasteiger partial charge in [0.1, 0.15) is 11.4 Å². The molecule has 0 aliphatic heterocycles. The zero-order valence-electron chi connectivity index (χ0n) is 10.6. The highest BCUT2D eigenvalue weighted by atomic mass is 35.5. The van der Waals surface area contributed by atoms with E-state index >= 15 is 0 Å². The molecule has 1 aromatic carbocycles. The minimum absolute atomic E-state index is 0.213. The van der Waals surface area contributed by atoms with E-state index in [1.54, 1.807) is 13.2 Å². The van der Waals surface area contributed by atoms with Crippen molar-refractivity contribution < 1.29 is 13.7 Å². The van der Waals surface area contributed by atoms with E-state index in [0.717, 1.165) is 5.56 Å². The zero-order valence-corrected chi connectivity index (χ0v) is 11.3. The van der Waals surface area contributed by atoms with Gasteiger partial charge in [-0.2, -0.15) is 0 Å². The van der Waals surface area contributed by atoms with Crippen LogP contribution in [0.2, 0.25) is 5.22 Å². The third-order valence-corrected chi connectivity index (χ3v) is 3.24. The van der Waals surface area contributed by atoms with Crippen LogP contribution in [0.3, 0.4) is 0 Å². The number of nitrogens with zero attached hydrogens (tertiary/aromatic N) is 1. The minimum Gasteiger partial charge on any atom is -0.497 e. The highest BCUT2D eigenvalue weighted by molar-refractivity contribution is 6.31. The molecule has 0 spiro atoms. The predicted octanol–water partition coefficient (Wildman–Crippen LogP) is 3.85. The monoisotopic (exact) mass is 290 g/mol. The maximum atomic E-state index is 5.99. The van der Waals surface area contributed by atoms with Crippen molar-refractivity contribution in [2.75, 3.05) is 12.8 Å². The van der Waals surface area contributed by atoms with Crippen LogP contribution in [-0.4, -0.2) is 12.3 Å². The first-order valence-corrected chi connectivity index (χ1v) is 6.21. The Kier molecular flexibility index (Phi) is 3.12. The molecule has 2 aromatic heterocycles. The number of halogens is 1. The molecule has 0 radical (unpaired) electrons. The first-order valence-electron chi connectivity index (χ1n) is 5.83. The van der Waals surface area contributed by atoms with E-state index in [2.05, 4.69) is 5.16 Å². The summed E-state index contributed by atoms with van der Waals surface area (Å²) < 4.78 is 15.4. The summed E-state index contributed by atoms with van der Waals surface area (Å²) in [5.74, 6) is 0.929. The summed E-state index contributed by atoms with van der Waals surface area (Å²) >= 11 is 5.99. The molecule has 3 rings (SSSR count). The van der Waals surface area contributed by atoms with Gasteiger partial charge in [0.05, 0.1) is 24.5 Å². The van der Waals surface area contributed by atoms with Crippen LogP contribution in [0.15, 0.2) is 45.5 Å². The summed E-state index contributed by atoms with van der Waals surface area (Å²) in [6, 6.07) is 9.16. The number of nitrogens with two attached hydrogens (primary N) is 1. The van der Waals surface area contributed by atoms with Crippen molar-refractivity contribution in [3.05, 3.63) is 41.8 Å². The second kappa shape index (κ2) is 4.94. The zero-order chi connectivity index (χ0) is 14.1. The van der Waals surface area contributed by atoms with Crippen LogP contribution >= 0.6 is 11.6 Å². The van der Waals surface area contributed by atoms with Gasteiger partial charge in [-0.15, -0.1) is 0 Å². The molecule has 0 amide bonds. The van der Waals surface area contributed by atoms with Crippen LogP contribution in [0.4, 0.5) is 5.88 Å². The molecule has 20 heavy (non-hydrogen) atoms. The largest absolute Gasteiger partial charge is 0.497 e. The number of rotatable bonds is 3. The quantitative estimate of drug-likeness (QED) is 0.793. The Morgan fingerprint density at radius 3 is 2.85 bits per heavy atom. The fourth-order valence-electron chi connectivity index (χ4n) is 2.01. The van der Waals surface area contributed by atoms with Gasteiger partial charge >= 0.3 is 0 Å². The first-order chi connectivity index (χ1) is 9.70. The highest BCUT2D eigenvalue weighted by Gasteiger charge is 2.21. The maximum absolute atomic E-state index is 5.99. The molecular weight excluding hydrogens is 280 g/mol.